The first kappa shape index (κ1) is 28.2. The Kier molecular flexibility index (Phi) is 7.02. The Morgan fingerprint density at radius 1 is 1.10 bits per heavy atom. The fourth-order valence-corrected chi connectivity index (χ4v) is 8.29. The third-order valence-electron chi connectivity index (χ3n) is 7.50. The summed E-state index contributed by atoms with van der Waals surface area (Å²) in [5.41, 5.74) is 2.28. The number of rotatable bonds is 10. The molecular formula is C30H34N2O6SSi. The highest BCUT2D eigenvalue weighted by atomic mass is 32.2. The lowest BCUT2D eigenvalue weighted by molar-refractivity contribution is -0.132. The summed E-state index contributed by atoms with van der Waals surface area (Å²) in [4.78, 5) is 19.2. The number of hydrogen-bond donors (Lipinski definition) is 1. The minimum absolute atomic E-state index is 0.0758. The maximum atomic E-state index is 13.2. The number of aliphatic carboxylic acids is 1. The number of aryl methyl sites for hydroxylation is 1. The summed E-state index contributed by atoms with van der Waals surface area (Å²) in [6.07, 6.45) is 7.44. The topological polar surface area (TPSA) is 106 Å². The van der Waals surface area contributed by atoms with Gasteiger partial charge in [-0.05, 0) is 75.0 Å². The van der Waals surface area contributed by atoms with Crippen molar-refractivity contribution in [1.29, 1.82) is 0 Å². The number of aliphatic imine (C=N–C) groups is 1. The lowest BCUT2D eigenvalue weighted by Crippen LogP contribution is -2.54. The standard InChI is InChI=1S/C30H34N2O6SSi/c1-6-29(38-40(3,4)5,20-37-39(35,36)22-13-11-21(2)12-14-22)19-32-25-10-8-7-9-24(25)30-17-18-31-26(30)16-15-23(27(30)32)28(33)34/h7-18H,6,19-20H2,1-5H3,(H,33,34). The Morgan fingerprint density at radius 3 is 2.45 bits per heavy atom. The van der Waals surface area contributed by atoms with Gasteiger partial charge in [0.1, 0.15) is 5.41 Å². The van der Waals surface area contributed by atoms with Crippen LogP contribution in [0.1, 0.15) is 24.5 Å². The smallest absolute Gasteiger partial charge is 0.337 e. The Balaban J connectivity index is 1.60. The average molecular weight is 579 g/mol. The highest BCUT2D eigenvalue weighted by molar-refractivity contribution is 7.86. The summed E-state index contributed by atoms with van der Waals surface area (Å²) >= 11 is 0. The zero-order chi connectivity index (χ0) is 28.9. The number of para-hydroxylation sites is 1. The van der Waals surface area contributed by atoms with E-state index in [1.54, 1.807) is 30.5 Å². The predicted octanol–water partition coefficient (Wildman–Crippen LogP) is 5.34. The van der Waals surface area contributed by atoms with Crippen molar-refractivity contribution in [2.45, 2.75) is 55.8 Å². The largest absolute Gasteiger partial charge is 0.478 e. The molecule has 0 bridgehead atoms. The van der Waals surface area contributed by atoms with Crippen LogP contribution in [0.4, 0.5) is 5.69 Å². The van der Waals surface area contributed by atoms with E-state index in [4.69, 9.17) is 8.61 Å². The lowest BCUT2D eigenvalue weighted by Gasteiger charge is -2.43. The van der Waals surface area contributed by atoms with Crippen molar-refractivity contribution < 1.29 is 26.9 Å². The summed E-state index contributed by atoms with van der Waals surface area (Å²) in [6, 6.07) is 14.3. The van der Waals surface area contributed by atoms with E-state index >= 15 is 0 Å². The molecule has 1 N–H and O–H groups in total. The van der Waals surface area contributed by atoms with Crippen LogP contribution in [0.15, 0.2) is 94.1 Å². The molecule has 10 heteroatoms. The summed E-state index contributed by atoms with van der Waals surface area (Å²) < 4.78 is 38.9. The SMILES string of the molecule is CCC(COS(=O)(=O)c1ccc(C)cc1)(CN1C2=C(C(=O)O)C=CC3=NC=CC32c2ccccc21)O[Si](C)(C)C. The van der Waals surface area contributed by atoms with E-state index in [1.165, 1.54) is 12.1 Å². The second-order valence-electron chi connectivity index (χ2n) is 11.4. The fraction of sp³-hybridized carbons (Fsp3) is 0.333. The quantitative estimate of drug-likeness (QED) is 0.300. The molecule has 2 aliphatic heterocycles. The lowest BCUT2D eigenvalue weighted by atomic mass is 9.72. The van der Waals surface area contributed by atoms with E-state index < -0.39 is 35.4 Å². The molecule has 3 aliphatic rings. The molecule has 0 saturated carbocycles. The third kappa shape index (κ3) is 4.79. The molecule has 2 unspecified atom stereocenters. The van der Waals surface area contributed by atoms with Crippen LogP contribution in [0, 0.1) is 6.92 Å². The van der Waals surface area contributed by atoms with Gasteiger partial charge in [0.25, 0.3) is 10.1 Å². The van der Waals surface area contributed by atoms with Crippen molar-refractivity contribution in [3.63, 3.8) is 0 Å². The summed E-state index contributed by atoms with van der Waals surface area (Å²) in [5.74, 6) is -1.05. The van der Waals surface area contributed by atoms with Crippen molar-refractivity contribution in [2.24, 2.45) is 4.99 Å². The monoisotopic (exact) mass is 578 g/mol. The summed E-state index contributed by atoms with van der Waals surface area (Å²) in [5, 5.41) is 10.3. The first-order valence-electron chi connectivity index (χ1n) is 13.3. The van der Waals surface area contributed by atoms with Crippen LogP contribution >= 0.6 is 0 Å². The highest BCUT2D eigenvalue weighted by Gasteiger charge is 2.55. The van der Waals surface area contributed by atoms with E-state index in [0.717, 1.165) is 22.5 Å². The number of anilines is 1. The first-order chi connectivity index (χ1) is 18.8. The zero-order valence-corrected chi connectivity index (χ0v) is 25.2. The normalized spacial score (nSPS) is 21.1. The van der Waals surface area contributed by atoms with Gasteiger partial charge in [0.2, 0.25) is 0 Å². The van der Waals surface area contributed by atoms with E-state index in [2.05, 4.69) is 4.99 Å². The van der Waals surface area contributed by atoms with Crippen molar-refractivity contribution in [3.05, 3.63) is 95.4 Å². The maximum Gasteiger partial charge on any atom is 0.337 e. The molecule has 2 aromatic carbocycles. The molecule has 8 nitrogen and oxygen atoms in total. The molecule has 5 rings (SSSR count). The van der Waals surface area contributed by atoms with Crippen LogP contribution in [-0.2, 0) is 28.9 Å². The van der Waals surface area contributed by atoms with Crippen molar-refractivity contribution in [1.82, 2.24) is 0 Å². The first-order valence-corrected chi connectivity index (χ1v) is 18.1. The molecule has 210 valence electrons. The van der Waals surface area contributed by atoms with Crippen LogP contribution in [0.2, 0.25) is 19.6 Å². The number of carboxylic acid groups (broad SMARTS) is 1. The Bertz CT molecular complexity index is 1590. The maximum absolute atomic E-state index is 13.2. The minimum Gasteiger partial charge on any atom is -0.478 e. The van der Waals surface area contributed by atoms with Crippen LogP contribution in [0.25, 0.3) is 0 Å². The third-order valence-corrected chi connectivity index (χ3v) is 9.82. The molecule has 0 aromatic heterocycles. The number of hydrogen-bond acceptors (Lipinski definition) is 7. The molecule has 40 heavy (non-hydrogen) atoms. The van der Waals surface area contributed by atoms with Crippen LogP contribution in [0.3, 0.4) is 0 Å². The van der Waals surface area contributed by atoms with Crippen molar-refractivity contribution in [2.75, 3.05) is 18.1 Å². The number of allylic oxidation sites excluding steroid dienone is 2. The van der Waals surface area contributed by atoms with Gasteiger partial charge in [-0.3, -0.25) is 9.18 Å². The molecule has 0 saturated heterocycles. The van der Waals surface area contributed by atoms with Gasteiger partial charge in [-0.25, -0.2) is 4.79 Å². The van der Waals surface area contributed by atoms with Gasteiger partial charge in [0.05, 0.1) is 40.6 Å². The van der Waals surface area contributed by atoms with E-state index in [9.17, 15) is 18.3 Å². The molecule has 2 heterocycles. The van der Waals surface area contributed by atoms with Crippen molar-refractivity contribution >= 4 is 35.8 Å². The molecule has 1 spiro atoms. The van der Waals surface area contributed by atoms with E-state index in [-0.39, 0.29) is 23.6 Å². The fourth-order valence-electron chi connectivity index (χ4n) is 5.75. The summed E-state index contributed by atoms with van der Waals surface area (Å²) in [6.45, 7) is 9.92. The van der Waals surface area contributed by atoms with E-state index in [0.29, 0.717) is 12.1 Å². The molecule has 1 aliphatic carbocycles. The van der Waals surface area contributed by atoms with E-state index in [1.807, 2.05) is 68.7 Å². The Labute approximate surface area is 236 Å². The van der Waals surface area contributed by atoms with Gasteiger partial charge in [0, 0.05) is 11.9 Å². The van der Waals surface area contributed by atoms with Crippen molar-refractivity contribution in [3.8, 4) is 0 Å². The van der Waals surface area contributed by atoms with Gasteiger partial charge in [0.15, 0.2) is 8.32 Å². The average Bonchev–Trinajstić information content (AvgIpc) is 3.45. The zero-order valence-electron chi connectivity index (χ0n) is 23.3. The molecule has 0 fully saturated rings. The molecule has 2 aromatic rings. The second kappa shape index (κ2) is 9.95. The minimum atomic E-state index is -4.06. The number of carboxylic acids is 1. The molecule has 0 radical (unpaired) electrons. The van der Waals surface area contributed by atoms with Crippen LogP contribution in [-0.4, -0.2) is 52.3 Å². The number of carbonyl (C=O) groups is 1. The Morgan fingerprint density at radius 2 is 1.80 bits per heavy atom. The molecule has 2 atom stereocenters. The Hall–Kier alpha value is -3.31. The molecular weight excluding hydrogens is 544 g/mol. The van der Waals surface area contributed by atoms with Gasteiger partial charge in [-0.1, -0.05) is 42.8 Å². The number of nitrogens with zero attached hydrogens (tertiary/aromatic N) is 2. The predicted molar refractivity (Wildman–Crippen MR) is 158 cm³/mol. The van der Waals surface area contributed by atoms with Gasteiger partial charge in [-0.15, -0.1) is 0 Å². The molecule has 0 amide bonds. The number of benzene rings is 2. The van der Waals surface area contributed by atoms with Crippen LogP contribution in [0.5, 0.6) is 0 Å². The summed E-state index contributed by atoms with van der Waals surface area (Å²) in [7, 11) is -6.32. The van der Waals surface area contributed by atoms with Gasteiger partial charge >= 0.3 is 5.97 Å². The van der Waals surface area contributed by atoms with Crippen LogP contribution < -0.4 is 4.90 Å². The van der Waals surface area contributed by atoms with Gasteiger partial charge < -0.3 is 14.4 Å². The number of fused-ring (bicyclic) bond motifs is 1. The van der Waals surface area contributed by atoms with Gasteiger partial charge in [-0.2, -0.15) is 8.42 Å². The highest BCUT2D eigenvalue weighted by Crippen LogP contribution is 2.55. The second-order valence-corrected chi connectivity index (χ2v) is 17.5.